The molecule has 6 nitrogen and oxygen atoms in total. The molecule has 0 unspecified atom stereocenters. The van der Waals surface area contributed by atoms with Gasteiger partial charge in [-0.3, -0.25) is 4.79 Å². The second-order valence-electron chi connectivity index (χ2n) is 5.87. The number of nitrogens with zero attached hydrogens (tertiary/aromatic N) is 1. The summed E-state index contributed by atoms with van der Waals surface area (Å²) in [4.78, 5) is 16.5. The van der Waals surface area contributed by atoms with Gasteiger partial charge in [0.05, 0.1) is 11.3 Å². The van der Waals surface area contributed by atoms with Crippen LogP contribution in [0.25, 0.3) is 0 Å². The van der Waals surface area contributed by atoms with Gasteiger partial charge in [0.2, 0.25) is 6.79 Å². The number of alkyl halides is 3. The van der Waals surface area contributed by atoms with Crippen LogP contribution < -0.4 is 20.1 Å². The lowest BCUT2D eigenvalue weighted by atomic mass is 10.1. The highest BCUT2D eigenvalue weighted by Gasteiger charge is 2.34. The summed E-state index contributed by atoms with van der Waals surface area (Å²) in [6.45, 7) is 0.144. The number of rotatable bonds is 4. The summed E-state index contributed by atoms with van der Waals surface area (Å²) in [6, 6.07) is 8.31. The number of benzene rings is 2. The Hall–Kier alpha value is -2.98. The van der Waals surface area contributed by atoms with Crippen LogP contribution in [0.3, 0.4) is 0 Å². The largest absolute Gasteiger partial charge is 0.454 e. The van der Waals surface area contributed by atoms with Crippen LogP contribution in [0.2, 0.25) is 5.02 Å². The summed E-state index contributed by atoms with van der Waals surface area (Å²) in [5, 5.41) is 6.99. The lowest BCUT2D eigenvalue weighted by molar-refractivity contribution is -0.136. The second kappa shape index (κ2) is 7.45. The standard InChI is InChI=1S/C18H11ClF3N3O3S/c19-9-1-3-12(11(5-9)18(20,21)22)24-16(26)13-7-29-17(25-13)23-10-2-4-14-15(6-10)28-8-27-14/h1-7H,8H2,(H,23,25)(H,24,26). The molecule has 11 heteroatoms. The highest BCUT2D eigenvalue weighted by atomic mass is 35.5. The van der Waals surface area contributed by atoms with Crippen molar-refractivity contribution in [2.45, 2.75) is 6.18 Å². The van der Waals surface area contributed by atoms with Crippen LogP contribution in [-0.4, -0.2) is 17.7 Å². The van der Waals surface area contributed by atoms with E-state index in [2.05, 4.69) is 15.6 Å². The molecule has 150 valence electrons. The first-order chi connectivity index (χ1) is 13.8. The van der Waals surface area contributed by atoms with Crippen molar-refractivity contribution in [1.82, 2.24) is 4.98 Å². The summed E-state index contributed by atoms with van der Waals surface area (Å²) in [6.07, 6.45) is -4.67. The van der Waals surface area contributed by atoms with Crippen LogP contribution in [0, 0.1) is 0 Å². The summed E-state index contributed by atoms with van der Waals surface area (Å²) >= 11 is 6.77. The predicted octanol–water partition coefficient (Wildman–Crippen LogP) is 5.54. The van der Waals surface area contributed by atoms with E-state index >= 15 is 0 Å². The Morgan fingerprint density at radius 2 is 1.93 bits per heavy atom. The summed E-state index contributed by atoms with van der Waals surface area (Å²) < 4.78 is 50.0. The molecule has 0 fully saturated rings. The molecule has 0 saturated heterocycles. The zero-order valence-corrected chi connectivity index (χ0v) is 15.9. The molecule has 1 aliphatic heterocycles. The number of carbonyl (C=O) groups is 1. The number of amides is 1. The predicted molar refractivity (Wildman–Crippen MR) is 102 cm³/mol. The summed E-state index contributed by atoms with van der Waals surface area (Å²) in [5.41, 5.74) is -0.800. The van der Waals surface area contributed by atoms with E-state index in [4.69, 9.17) is 21.1 Å². The van der Waals surface area contributed by atoms with E-state index < -0.39 is 23.3 Å². The number of ether oxygens (including phenoxy) is 2. The maximum atomic E-state index is 13.2. The highest BCUT2D eigenvalue weighted by molar-refractivity contribution is 7.14. The van der Waals surface area contributed by atoms with Crippen LogP contribution in [0.5, 0.6) is 11.5 Å². The molecule has 1 amide bonds. The number of carbonyl (C=O) groups excluding carboxylic acids is 1. The van der Waals surface area contributed by atoms with E-state index in [0.717, 1.165) is 23.5 Å². The van der Waals surface area contributed by atoms with Crippen molar-refractivity contribution in [2.75, 3.05) is 17.4 Å². The molecule has 3 aromatic rings. The minimum Gasteiger partial charge on any atom is -0.454 e. The van der Waals surface area contributed by atoms with Gasteiger partial charge < -0.3 is 20.1 Å². The van der Waals surface area contributed by atoms with Crippen molar-refractivity contribution >= 4 is 45.4 Å². The van der Waals surface area contributed by atoms with E-state index in [0.29, 0.717) is 22.3 Å². The lowest BCUT2D eigenvalue weighted by Crippen LogP contribution is -2.17. The minimum absolute atomic E-state index is 0.0266. The topological polar surface area (TPSA) is 72.5 Å². The van der Waals surface area contributed by atoms with Crippen molar-refractivity contribution in [2.24, 2.45) is 0 Å². The lowest BCUT2D eigenvalue weighted by Gasteiger charge is -2.13. The Bertz CT molecular complexity index is 1090. The molecular weight excluding hydrogens is 431 g/mol. The molecule has 29 heavy (non-hydrogen) atoms. The van der Waals surface area contributed by atoms with Crippen molar-refractivity contribution < 1.29 is 27.4 Å². The monoisotopic (exact) mass is 441 g/mol. The minimum atomic E-state index is -4.67. The molecule has 2 N–H and O–H groups in total. The van der Waals surface area contributed by atoms with Gasteiger partial charge in [-0.15, -0.1) is 11.3 Å². The zero-order chi connectivity index (χ0) is 20.6. The van der Waals surface area contributed by atoms with Crippen LogP contribution in [0.4, 0.5) is 29.7 Å². The fourth-order valence-corrected chi connectivity index (χ4v) is 3.46. The van der Waals surface area contributed by atoms with Crippen LogP contribution in [-0.2, 0) is 6.18 Å². The molecule has 0 aliphatic carbocycles. The fourth-order valence-electron chi connectivity index (χ4n) is 2.58. The molecule has 1 aliphatic rings. The van der Waals surface area contributed by atoms with Gasteiger partial charge in [-0.05, 0) is 30.3 Å². The average molecular weight is 442 g/mol. The zero-order valence-electron chi connectivity index (χ0n) is 14.3. The second-order valence-corrected chi connectivity index (χ2v) is 7.17. The Labute approximate surface area is 171 Å². The maximum Gasteiger partial charge on any atom is 0.418 e. The number of hydrogen-bond acceptors (Lipinski definition) is 6. The quantitative estimate of drug-likeness (QED) is 0.556. The molecule has 0 atom stereocenters. The van der Waals surface area contributed by atoms with Gasteiger partial charge in [-0.1, -0.05) is 11.6 Å². The molecule has 0 bridgehead atoms. The van der Waals surface area contributed by atoms with E-state index in [1.54, 1.807) is 18.2 Å². The SMILES string of the molecule is O=C(Nc1ccc(Cl)cc1C(F)(F)F)c1csc(Nc2ccc3c(c2)OCO3)n1. The van der Waals surface area contributed by atoms with Gasteiger partial charge in [-0.25, -0.2) is 4.98 Å². The van der Waals surface area contributed by atoms with Crippen LogP contribution in [0.15, 0.2) is 41.8 Å². The maximum absolute atomic E-state index is 13.2. The average Bonchev–Trinajstić information content (AvgIpc) is 3.31. The Morgan fingerprint density at radius 3 is 2.72 bits per heavy atom. The first-order valence-electron chi connectivity index (χ1n) is 8.10. The van der Waals surface area contributed by atoms with Gasteiger partial charge in [-0.2, -0.15) is 13.2 Å². The third-order valence-corrected chi connectivity index (χ3v) is 4.89. The molecule has 1 aromatic heterocycles. The number of anilines is 3. The van der Waals surface area contributed by atoms with Crippen molar-refractivity contribution in [3.63, 3.8) is 0 Å². The van der Waals surface area contributed by atoms with Gasteiger partial charge in [0.15, 0.2) is 16.6 Å². The number of halogens is 4. The number of nitrogens with one attached hydrogen (secondary N) is 2. The number of aromatic nitrogens is 1. The smallest absolute Gasteiger partial charge is 0.418 e. The molecule has 2 heterocycles. The van der Waals surface area contributed by atoms with E-state index in [9.17, 15) is 18.0 Å². The number of fused-ring (bicyclic) bond motifs is 1. The third kappa shape index (κ3) is 4.22. The van der Waals surface area contributed by atoms with E-state index in [1.807, 2.05) is 0 Å². The summed E-state index contributed by atoms with van der Waals surface area (Å²) in [5.74, 6) is 0.429. The Balaban J connectivity index is 1.49. The molecular formula is C18H11ClF3N3O3S. The summed E-state index contributed by atoms with van der Waals surface area (Å²) in [7, 11) is 0. The molecule has 0 saturated carbocycles. The van der Waals surface area contributed by atoms with Crippen molar-refractivity contribution in [3.8, 4) is 11.5 Å². The van der Waals surface area contributed by atoms with Gasteiger partial charge in [0.25, 0.3) is 5.91 Å². The fraction of sp³-hybridized carbons (Fsp3) is 0.111. The molecule has 4 rings (SSSR count). The van der Waals surface area contributed by atoms with E-state index in [-0.39, 0.29) is 17.5 Å². The third-order valence-electron chi connectivity index (χ3n) is 3.90. The number of thiazole rings is 1. The highest BCUT2D eigenvalue weighted by Crippen LogP contribution is 2.37. The Morgan fingerprint density at radius 1 is 1.14 bits per heavy atom. The van der Waals surface area contributed by atoms with Gasteiger partial charge >= 0.3 is 6.18 Å². The van der Waals surface area contributed by atoms with Crippen LogP contribution in [0.1, 0.15) is 16.1 Å². The molecule has 2 aromatic carbocycles. The van der Waals surface area contributed by atoms with Crippen molar-refractivity contribution in [1.29, 1.82) is 0 Å². The van der Waals surface area contributed by atoms with Crippen molar-refractivity contribution in [3.05, 3.63) is 58.1 Å². The number of hydrogen-bond donors (Lipinski definition) is 2. The first-order valence-corrected chi connectivity index (χ1v) is 9.36. The first kappa shape index (κ1) is 19.3. The normalized spacial score (nSPS) is 12.7. The van der Waals surface area contributed by atoms with E-state index in [1.165, 1.54) is 11.4 Å². The molecule has 0 spiro atoms. The van der Waals surface area contributed by atoms with Crippen LogP contribution >= 0.6 is 22.9 Å². The van der Waals surface area contributed by atoms with Gasteiger partial charge in [0.1, 0.15) is 5.69 Å². The molecule has 0 radical (unpaired) electrons. The van der Waals surface area contributed by atoms with Gasteiger partial charge in [0, 0.05) is 22.2 Å². The Kier molecular flexibility index (Phi) is 4.97.